The zero-order chi connectivity index (χ0) is 17.6. The fraction of sp³-hybridized carbons (Fsp3) is 0.167. The maximum absolute atomic E-state index is 12.7. The molecule has 0 aromatic heterocycles. The number of rotatable bonds is 5. The molecule has 0 saturated heterocycles. The lowest BCUT2D eigenvalue weighted by Gasteiger charge is -2.09. The molecule has 0 unspecified atom stereocenters. The van der Waals surface area contributed by atoms with E-state index >= 15 is 0 Å². The van der Waals surface area contributed by atoms with Crippen LogP contribution in [0.2, 0.25) is 0 Å². The molecule has 2 rings (SSSR count). The zero-order valence-corrected chi connectivity index (χ0v) is 12.9. The van der Waals surface area contributed by atoms with Crippen molar-refractivity contribution in [3.63, 3.8) is 0 Å². The molecule has 2 aromatic rings. The van der Waals surface area contributed by atoms with Crippen molar-refractivity contribution >= 4 is 17.7 Å². The topological polar surface area (TPSA) is 38.3 Å². The third-order valence-corrected chi connectivity index (χ3v) is 3.09. The van der Waals surface area contributed by atoms with Crippen LogP contribution in [0.5, 0.6) is 5.75 Å². The second kappa shape index (κ2) is 7.68. The van der Waals surface area contributed by atoms with Crippen molar-refractivity contribution in [1.82, 2.24) is 0 Å². The molecule has 3 nitrogen and oxygen atoms in total. The van der Waals surface area contributed by atoms with Gasteiger partial charge in [0.25, 0.3) is 0 Å². The lowest BCUT2D eigenvalue weighted by molar-refractivity contribution is -0.137. The molecule has 0 fully saturated rings. The molecule has 0 aliphatic rings. The summed E-state index contributed by atoms with van der Waals surface area (Å²) in [6.45, 7) is 2.28. The lowest BCUT2D eigenvalue weighted by atomic mass is 10.1. The molecule has 6 heteroatoms. The van der Waals surface area contributed by atoms with Gasteiger partial charge in [-0.1, -0.05) is 24.3 Å². The van der Waals surface area contributed by atoms with E-state index in [0.29, 0.717) is 18.0 Å². The van der Waals surface area contributed by atoms with Crippen molar-refractivity contribution in [2.24, 2.45) is 0 Å². The standard InChI is InChI=1S/C18H16F3NO2/c1-2-24-16-9-4-3-8-15(16)22-17(23)11-10-13-6-5-7-14(12-13)18(19,20)21/h3-12H,2H2,1H3,(H,22,23). The van der Waals surface area contributed by atoms with Gasteiger partial charge < -0.3 is 10.1 Å². The fourth-order valence-electron chi connectivity index (χ4n) is 2.02. The van der Waals surface area contributed by atoms with Crippen LogP contribution in [0.3, 0.4) is 0 Å². The smallest absolute Gasteiger partial charge is 0.416 e. The highest BCUT2D eigenvalue weighted by atomic mass is 19.4. The molecular formula is C18H16F3NO2. The van der Waals surface area contributed by atoms with E-state index in [4.69, 9.17) is 4.74 Å². The first-order chi connectivity index (χ1) is 11.4. The van der Waals surface area contributed by atoms with E-state index in [0.717, 1.165) is 12.1 Å². The van der Waals surface area contributed by atoms with Crippen molar-refractivity contribution in [3.8, 4) is 5.75 Å². The molecule has 2 aromatic carbocycles. The molecule has 1 amide bonds. The summed E-state index contributed by atoms with van der Waals surface area (Å²) in [4.78, 5) is 11.9. The number of halogens is 3. The predicted octanol–water partition coefficient (Wildman–Crippen LogP) is 4.76. The number of anilines is 1. The van der Waals surface area contributed by atoms with E-state index in [2.05, 4.69) is 5.32 Å². The maximum atomic E-state index is 12.7. The van der Waals surface area contributed by atoms with Gasteiger partial charge in [-0.3, -0.25) is 4.79 Å². The summed E-state index contributed by atoms with van der Waals surface area (Å²) in [5.74, 6) is 0.0698. The van der Waals surface area contributed by atoms with Crippen LogP contribution in [0.25, 0.3) is 6.08 Å². The molecule has 24 heavy (non-hydrogen) atoms. The minimum atomic E-state index is -4.41. The molecule has 0 spiro atoms. The minimum Gasteiger partial charge on any atom is -0.492 e. The first kappa shape index (κ1) is 17.6. The van der Waals surface area contributed by atoms with Crippen molar-refractivity contribution in [1.29, 1.82) is 0 Å². The number of carbonyl (C=O) groups is 1. The van der Waals surface area contributed by atoms with Crippen molar-refractivity contribution in [3.05, 3.63) is 65.7 Å². The number of para-hydroxylation sites is 2. The molecule has 0 aliphatic carbocycles. The summed E-state index contributed by atoms with van der Waals surface area (Å²) in [7, 11) is 0. The van der Waals surface area contributed by atoms with Crippen LogP contribution < -0.4 is 10.1 Å². The highest BCUT2D eigenvalue weighted by Gasteiger charge is 2.30. The Balaban J connectivity index is 2.09. The van der Waals surface area contributed by atoms with Crippen LogP contribution >= 0.6 is 0 Å². The molecule has 0 heterocycles. The Morgan fingerprint density at radius 3 is 2.62 bits per heavy atom. The van der Waals surface area contributed by atoms with Gasteiger partial charge in [0.2, 0.25) is 5.91 Å². The third-order valence-electron chi connectivity index (χ3n) is 3.09. The van der Waals surface area contributed by atoms with E-state index in [9.17, 15) is 18.0 Å². The average molecular weight is 335 g/mol. The highest BCUT2D eigenvalue weighted by molar-refractivity contribution is 6.02. The van der Waals surface area contributed by atoms with E-state index in [1.54, 1.807) is 24.3 Å². The number of benzene rings is 2. The Kier molecular flexibility index (Phi) is 5.63. The van der Waals surface area contributed by atoms with Crippen molar-refractivity contribution in [2.45, 2.75) is 13.1 Å². The monoisotopic (exact) mass is 335 g/mol. The SMILES string of the molecule is CCOc1ccccc1NC(=O)C=Cc1cccc(C(F)(F)F)c1. The minimum absolute atomic E-state index is 0.290. The Bertz CT molecular complexity index is 739. The Morgan fingerprint density at radius 1 is 1.17 bits per heavy atom. The Labute approximate surface area is 137 Å². The quantitative estimate of drug-likeness (QED) is 0.800. The predicted molar refractivity (Wildman–Crippen MR) is 86.7 cm³/mol. The van der Waals surface area contributed by atoms with Crippen LogP contribution in [0.15, 0.2) is 54.6 Å². The normalized spacial score (nSPS) is 11.5. The molecule has 0 atom stereocenters. The molecular weight excluding hydrogens is 319 g/mol. The summed E-state index contributed by atoms with van der Waals surface area (Å²) in [5.41, 5.74) is 0.0304. The number of nitrogens with one attached hydrogen (secondary N) is 1. The highest BCUT2D eigenvalue weighted by Crippen LogP contribution is 2.29. The summed E-state index contributed by atoms with van der Waals surface area (Å²) >= 11 is 0. The number of hydrogen-bond acceptors (Lipinski definition) is 2. The number of amides is 1. The number of alkyl halides is 3. The largest absolute Gasteiger partial charge is 0.492 e. The van der Waals surface area contributed by atoms with Gasteiger partial charge in [0.15, 0.2) is 0 Å². The summed E-state index contributed by atoms with van der Waals surface area (Å²) in [6.07, 6.45) is -1.91. The molecule has 0 radical (unpaired) electrons. The zero-order valence-electron chi connectivity index (χ0n) is 12.9. The van der Waals surface area contributed by atoms with Gasteiger partial charge in [-0.25, -0.2) is 0 Å². The Morgan fingerprint density at radius 2 is 1.92 bits per heavy atom. The summed E-state index contributed by atoms with van der Waals surface area (Å²) in [6, 6.07) is 11.7. The molecule has 1 N–H and O–H groups in total. The fourth-order valence-corrected chi connectivity index (χ4v) is 2.02. The number of hydrogen-bond donors (Lipinski definition) is 1. The molecule has 0 aliphatic heterocycles. The Hall–Kier alpha value is -2.76. The van der Waals surface area contributed by atoms with E-state index in [-0.39, 0.29) is 5.56 Å². The first-order valence-corrected chi connectivity index (χ1v) is 7.28. The molecule has 0 bridgehead atoms. The van der Waals surface area contributed by atoms with Crippen LogP contribution in [0.4, 0.5) is 18.9 Å². The number of carbonyl (C=O) groups excluding carboxylic acids is 1. The van der Waals surface area contributed by atoms with Gasteiger partial charge >= 0.3 is 6.18 Å². The van der Waals surface area contributed by atoms with Crippen LogP contribution in [-0.2, 0) is 11.0 Å². The van der Waals surface area contributed by atoms with Gasteiger partial charge in [0.1, 0.15) is 5.75 Å². The maximum Gasteiger partial charge on any atom is 0.416 e. The lowest BCUT2D eigenvalue weighted by Crippen LogP contribution is -2.09. The van der Waals surface area contributed by atoms with Crippen molar-refractivity contribution in [2.75, 3.05) is 11.9 Å². The average Bonchev–Trinajstić information content (AvgIpc) is 2.54. The second-order valence-corrected chi connectivity index (χ2v) is 4.87. The van der Waals surface area contributed by atoms with Crippen LogP contribution in [-0.4, -0.2) is 12.5 Å². The van der Waals surface area contributed by atoms with Gasteiger partial charge in [-0.15, -0.1) is 0 Å². The van der Waals surface area contributed by atoms with Gasteiger partial charge in [0, 0.05) is 6.08 Å². The first-order valence-electron chi connectivity index (χ1n) is 7.28. The third kappa shape index (κ3) is 4.87. The van der Waals surface area contributed by atoms with Crippen molar-refractivity contribution < 1.29 is 22.7 Å². The molecule has 126 valence electrons. The number of ether oxygens (including phenoxy) is 1. The summed E-state index contributed by atoms with van der Waals surface area (Å²) in [5, 5.41) is 2.64. The molecule has 0 saturated carbocycles. The second-order valence-electron chi connectivity index (χ2n) is 4.87. The summed E-state index contributed by atoms with van der Waals surface area (Å²) < 4.78 is 43.4. The van der Waals surface area contributed by atoms with E-state index in [1.807, 2.05) is 6.92 Å². The van der Waals surface area contributed by atoms with Crippen LogP contribution in [0.1, 0.15) is 18.1 Å². The van der Waals surface area contributed by atoms with Crippen LogP contribution in [0, 0.1) is 0 Å². The van der Waals surface area contributed by atoms with E-state index in [1.165, 1.54) is 24.3 Å². The van der Waals surface area contributed by atoms with Gasteiger partial charge in [-0.05, 0) is 42.8 Å². The van der Waals surface area contributed by atoms with Gasteiger partial charge in [0.05, 0.1) is 17.9 Å². The van der Waals surface area contributed by atoms with Gasteiger partial charge in [-0.2, -0.15) is 13.2 Å². The van der Waals surface area contributed by atoms with E-state index < -0.39 is 17.6 Å².